The fourth-order valence-electron chi connectivity index (χ4n) is 1.23. The van der Waals surface area contributed by atoms with Gasteiger partial charge in [-0.15, -0.1) is 0 Å². The number of nitrogens with two attached hydrogens (primary N) is 2. The Hall–Kier alpha value is -2.37. The molecule has 0 aliphatic rings. The Bertz CT molecular complexity index is 527. The molecule has 0 spiro atoms. The maximum Gasteiger partial charge on any atom is 0.411 e. The van der Waals surface area contributed by atoms with Crippen LogP contribution in [-0.4, -0.2) is 16.1 Å². The molecule has 0 saturated heterocycles. The van der Waals surface area contributed by atoms with Crippen molar-refractivity contribution in [3.8, 4) is 5.88 Å². The number of anilines is 1. The fraction of sp³-hybridized carbons (Fsp3) is 0. The van der Waals surface area contributed by atoms with Crippen molar-refractivity contribution in [3.05, 3.63) is 24.5 Å². The van der Waals surface area contributed by atoms with E-state index in [-0.39, 0.29) is 5.88 Å². The summed E-state index contributed by atoms with van der Waals surface area (Å²) in [6.45, 7) is 0. The molecular weight excluding hydrogens is 196 g/mol. The highest BCUT2D eigenvalue weighted by molar-refractivity contribution is 5.87. The molecule has 1 aromatic carbocycles. The Balaban J connectivity index is 2.60. The molecule has 4 N–H and O–H groups in total. The first-order valence-electron chi connectivity index (χ1n) is 4.14. The van der Waals surface area contributed by atoms with Crippen molar-refractivity contribution in [1.82, 2.24) is 9.97 Å². The third-order valence-corrected chi connectivity index (χ3v) is 1.82. The van der Waals surface area contributed by atoms with E-state index in [9.17, 15) is 4.79 Å². The van der Waals surface area contributed by atoms with Gasteiger partial charge in [-0.25, -0.2) is 14.8 Å². The number of carbonyl (C=O) groups excluding carboxylic acids is 1. The quantitative estimate of drug-likeness (QED) is 0.664. The minimum absolute atomic E-state index is 0.132. The minimum atomic E-state index is -0.910. The van der Waals surface area contributed by atoms with Crippen molar-refractivity contribution in [1.29, 1.82) is 0 Å². The van der Waals surface area contributed by atoms with Gasteiger partial charge in [0.2, 0.25) is 5.88 Å². The van der Waals surface area contributed by atoms with Gasteiger partial charge in [-0.3, -0.25) is 0 Å². The van der Waals surface area contributed by atoms with Crippen LogP contribution in [0.15, 0.2) is 24.5 Å². The summed E-state index contributed by atoms with van der Waals surface area (Å²) in [6, 6.07) is 4.99. The molecule has 1 heterocycles. The number of ether oxygens (including phenoxy) is 1. The fourth-order valence-corrected chi connectivity index (χ4v) is 1.23. The van der Waals surface area contributed by atoms with Crippen LogP contribution >= 0.6 is 0 Å². The van der Waals surface area contributed by atoms with E-state index in [1.807, 2.05) is 0 Å². The van der Waals surface area contributed by atoms with Crippen molar-refractivity contribution >= 4 is 22.7 Å². The lowest BCUT2D eigenvalue weighted by Crippen LogP contribution is -2.17. The Morgan fingerprint density at radius 3 is 2.87 bits per heavy atom. The summed E-state index contributed by atoms with van der Waals surface area (Å²) in [6.07, 6.45) is 0.367. The summed E-state index contributed by atoms with van der Waals surface area (Å²) in [7, 11) is 0. The number of primary amides is 1. The highest BCUT2D eigenvalue weighted by Crippen LogP contribution is 2.22. The van der Waals surface area contributed by atoms with Crippen molar-refractivity contribution < 1.29 is 9.53 Å². The van der Waals surface area contributed by atoms with Gasteiger partial charge in [0.1, 0.15) is 6.33 Å². The van der Waals surface area contributed by atoms with Gasteiger partial charge < -0.3 is 16.2 Å². The van der Waals surface area contributed by atoms with Crippen molar-refractivity contribution in [2.45, 2.75) is 0 Å². The SMILES string of the molecule is NC(=O)Oc1ncnc2cc(N)ccc12. The van der Waals surface area contributed by atoms with Crippen LogP contribution in [-0.2, 0) is 0 Å². The first kappa shape index (κ1) is 9.20. The zero-order valence-electron chi connectivity index (χ0n) is 7.68. The Labute approximate surface area is 84.9 Å². The topological polar surface area (TPSA) is 104 Å². The largest absolute Gasteiger partial charge is 0.411 e. The summed E-state index contributed by atoms with van der Waals surface area (Å²) >= 11 is 0. The second kappa shape index (κ2) is 3.41. The number of fused-ring (bicyclic) bond motifs is 1. The minimum Gasteiger partial charge on any atom is -0.399 e. The number of amides is 1. The van der Waals surface area contributed by atoms with Crippen LogP contribution in [0.2, 0.25) is 0 Å². The van der Waals surface area contributed by atoms with Crippen molar-refractivity contribution in [3.63, 3.8) is 0 Å². The van der Waals surface area contributed by atoms with Crippen LogP contribution in [0, 0.1) is 0 Å². The Morgan fingerprint density at radius 1 is 1.33 bits per heavy atom. The summed E-state index contributed by atoms with van der Waals surface area (Å²) in [5, 5.41) is 0.588. The summed E-state index contributed by atoms with van der Waals surface area (Å²) in [4.78, 5) is 18.4. The molecule has 15 heavy (non-hydrogen) atoms. The highest BCUT2D eigenvalue weighted by Gasteiger charge is 2.07. The summed E-state index contributed by atoms with van der Waals surface area (Å²) in [5.41, 5.74) is 11.7. The molecule has 0 saturated carbocycles. The maximum absolute atomic E-state index is 10.6. The van der Waals surface area contributed by atoms with E-state index in [1.54, 1.807) is 18.2 Å². The number of hydrogen-bond donors (Lipinski definition) is 2. The standard InChI is InChI=1S/C9H8N4O2/c10-5-1-2-6-7(3-5)12-4-13-8(6)15-9(11)14/h1-4H,10H2,(H2,11,14). The van der Waals surface area contributed by atoms with Crippen molar-refractivity contribution in [2.24, 2.45) is 5.73 Å². The number of carbonyl (C=O) groups is 1. The normalized spacial score (nSPS) is 10.1. The second-order valence-electron chi connectivity index (χ2n) is 2.88. The smallest absolute Gasteiger partial charge is 0.399 e. The van der Waals surface area contributed by atoms with Crippen LogP contribution in [0.4, 0.5) is 10.5 Å². The van der Waals surface area contributed by atoms with E-state index in [0.29, 0.717) is 16.6 Å². The van der Waals surface area contributed by atoms with Gasteiger partial charge in [0.15, 0.2) is 0 Å². The van der Waals surface area contributed by atoms with E-state index in [4.69, 9.17) is 16.2 Å². The van der Waals surface area contributed by atoms with Gasteiger partial charge in [0.05, 0.1) is 10.9 Å². The second-order valence-corrected chi connectivity index (χ2v) is 2.88. The summed E-state index contributed by atoms with van der Waals surface area (Å²) in [5.74, 6) is 0.132. The molecular formula is C9H8N4O2. The van der Waals surface area contributed by atoms with E-state index < -0.39 is 6.09 Å². The molecule has 1 amide bonds. The molecule has 0 fully saturated rings. The van der Waals surface area contributed by atoms with Crippen LogP contribution in [0.1, 0.15) is 0 Å². The first-order valence-corrected chi connectivity index (χ1v) is 4.14. The zero-order chi connectivity index (χ0) is 10.8. The van der Waals surface area contributed by atoms with Gasteiger partial charge in [-0.1, -0.05) is 0 Å². The Morgan fingerprint density at radius 2 is 2.13 bits per heavy atom. The molecule has 2 aromatic rings. The number of hydrogen-bond acceptors (Lipinski definition) is 5. The van der Waals surface area contributed by atoms with Crippen LogP contribution in [0.25, 0.3) is 10.9 Å². The highest BCUT2D eigenvalue weighted by atomic mass is 16.6. The molecule has 0 aliphatic heterocycles. The number of nitrogens with zero attached hydrogens (tertiary/aromatic N) is 2. The van der Waals surface area contributed by atoms with Gasteiger partial charge in [0, 0.05) is 5.69 Å². The van der Waals surface area contributed by atoms with Crippen LogP contribution < -0.4 is 16.2 Å². The molecule has 1 aromatic heterocycles. The van der Waals surface area contributed by atoms with Gasteiger partial charge in [-0.2, -0.15) is 0 Å². The number of aromatic nitrogens is 2. The molecule has 0 atom stereocenters. The lowest BCUT2D eigenvalue weighted by molar-refractivity contribution is 0.209. The molecule has 0 unspecified atom stereocenters. The number of nitrogen functional groups attached to an aromatic ring is 1. The average Bonchev–Trinajstić information content (AvgIpc) is 2.16. The van der Waals surface area contributed by atoms with Crippen LogP contribution in [0.5, 0.6) is 5.88 Å². The number of rotatable bonds is 1. The predicted octanol–water partition coefficient (Wildman–Crippen LogP) is 0.670. The van der Waals surface area contributed by atoms with Gasteiger partial charge in [-0.05, 0) is 18.2 Å². The van der Waals surface area contributed by atoms with E-state index >= 15 is 0 Å². The third kappa shape index (κ3) is 1.78. The maximum atomic E-state index is 10.6. The lowest BCUT2D eigenvalue weighted by Gasteiger charge is -2.03. The summed E-state index contributed by atoms with van der Waals surface area (Å²) < 4.78 is 4.71. The van der Waals surface area contributed by atoms with Crippen molar-refractivity contribution in [2.75, 3.05) is 5.73 Å². The predicted molar refractivity (Wildman–Crippen MR) is 54.2 cm³/mol. The molecule has 6 nitrogen and oxygen atoms in total. The first-order chi connectivity index (χ1) is 7.16. The third-order valence-electron chi connectivity index (χ3n) is 1.82. The molecule has 0 radical (unpaired) electrons. The average molecular weight is 204 g/mol. The molecule has 0 bridgehead atoms. The van der Waals surface area contributed by atoms with E-state index in [1.165, 1.54) is 6.33 Å². The van der Waals surface area contributed by atoms with Crippen LogP contribution in [0.3, 0.4) is 0 Å². The molecule has 76 valence electrons. The Kier molecular flexibility index (Phi) is 2.09. The lowest BCUT2D eigenvalue weighted by atomic mass is 10.2. The zero-order valence-corrected chi connectivity index (χ0v) is 7.68. The molecule has 2 rings (SSSR count). The molecule has 6 heteroatoms. The van der Waals surface area contributed by atoms with Gasteiger partial charge in [0.25, 0.3) is 0 Å². The van der Waals surface area contributed by atoms with Gasteiger partial charge >= 0.3 is 6.09 Å². The van der Waals surface area contributed by atoms with E-state index in [2.05, 4.69) is 9.97 Å². The van der Waals surface area contributed by atoms with E-state index in [0.717, 1.165) is 0 Å². The number of benzene rings is 1. The molecule has 0 aliphatic carbocycles. The monoisotopic (exact) mass is 204 g/mol.